The third-order valence-electron chi connectivity index (χ3n) is 5.80. The van der Waals surface area contributed by atoms with Crippen molar-refractivity contribution in [1.82, 2.24) is 0 Å². The molecule has 208 valence electrons. The van der Waals surface area contributed by atoms with Crippen LogP contribution in [-0.2, 0) is 20.1 Å². The van der Waals surface area contributed by atoms with E-state index in [4.69, 9.17) is 16.3 Å². The fourth-order valence-corrected chi connectivity index (χ4v) is 5.69. The summed E-state index contributed by atoms with van der Waals surface area (Å²) in [5.74, 6) is 0.384. The van der Waals surface area contributed by atoms with Gasteiger partial charge in [-0.05, 0) is 66.0 Å². The molecule has 0 aliphatic heterocycles. The van der Waals surface area contributed by atoms with Gasteiger partial charge in [0.1, 0.15) is 17.1 Å². The number of hydrogen-bond donors (Lipinski definition) is 3. The van der Waals surface area contributed by atoms with Crippen LogP contribution in [0.25, 0.3) is 10.8 Å². The molecule has 0 bridgehead atoms. The predicted octanol–water partition coefficient (Wildman–Crippen LogP) is 7.45. The molecule has 0 atom stereocenters. The number of azo groups is 1. The second-order valence-corrected chi connectivity index (χ2v) is 12.2. The molecule has 5 rings (SSSR count). The van der Waals surface area contributed by atoms with E-state index in [1.807, 2.05) is 6.07 Å². The Morgan fingerprint density at radius 3 is 2.07 bits per heavy atom. The smallest absolute Gasteiger partial charge is 0.294 e. The number of para-hydroxylation sites is 1. The second kappa shape index (κ2) is 11.2. The van der Waals surface area contributed by atoms with Crippen molar-refractivity contribution in [3.05, 3.63) is 108 Å². The van der Waals surface area contributed by atoms with Gasteiger partial charge in [0, 0.05) is 5.02 Å². The Balaban J connectivity index is 1.60. The number of halogens is 1. The first kappa shape index (κ1) is 28.1. The number of nitrogens with one attached hydrogen (secondary N) is 1. The summed E-state index contributed by atoms with van der Waals surface area (Å²) in [6, 6.07) is 25.8. The maximum atomic E-state index is 13.1. The SMILES string of the molecule is O=S(=O)(O)c1cc(NS(=O)(=O)c2ccccc2)c2c(O)c(N=Nc3cc(Cl)ccc3Oc3ccccc3)ccc2c1. The lowest BCUT2D eigenvalue weighted by Gasteiger charge is -2.14. The Bertz CT molecular complexity index is 2000. The van der Waals surface area contributed by atoms with Crippen LogP contribution in [0.3, 0.4) is 0 Å². The summed E-state index contributed by atoms with van der Waals surface area (Å²) < 4.78 is 67.8. The normalized spacial score (nSPS) is 12.0. The van der Waals surface area contributed by atoms with Gasteiger partial charge in [-0.1, -0.05) is 54.1 Å². The molecule has 0 unspecified atom stereocenters. The molecule has 13 heteroatoms. The van der Waals surface area contributed by atoms with E-state index < -0.39 is 30.8 Å². The van der Waals surface area contributed by atoms with E-state index in [1.165, 1.54) is 42.5 Å². The lowest BCUT2D eigenvalue weighted by molar-refractivity contribution is 0.480. The van der Waals surface area contributed by atoms with Crippen LogP contribution in [0.2, 0.25) is 5.02 Å². The number of rotatable bonds is 8. The van der Waals surface area contributed by atoms with E-state index in [0.717, 1.165) is 12.1 Å². The number of phenols is 1. The molecular formula is C28H20ClN3O7S2. The average molecular weight is 610 g/mol. The number of hydrogen-bond acceptors (Lipinski definition) is 8. The molecule has 5 aromatic carbocycles. The standard InChI is InChI=1S/C28H20ClN3O7S2/c29-19-12-14-26(39-20-7-3-1-4-8-20)24(16-19)31-30-23-13-11-18-15-22(41(36,37)38)17-25(27(18)28(23)33)32-40(34,35)21-9-5-2-6-10-21/h1-17,32-33H,(H,36,37,38). The Morgan fingerprint density at radius 2 is 1.39 bits per heavy atom. The van der Waals surface area contributed by atoms with Crippen molar-refractivity contribution in [3.8, 4) is 17.2 Å². The third kappa shape index (κ3) is 6.31. The summed E-state index contributed by atoms with van der Waals surface area (Å²) in [5.41, 5.74) is -0.125. The van der Waals surface area contributed by atoms with Crippen molar-refractivity contribution in [2.24, 2.45) is 10.2 Å². The summed E-state index contributed by atoms with van der Waals surface area (Å²) in [6.07, 6.45) is 0. The zero-order valence-electron chi connectivity index (χ0n) is 20.8. The molecular weight excluding hydrogens is 590 g/mol. The Hall–Kier alpha value is -4.49. The van der Waals surface area contributed by atoms with Crippen molar-refractivity contribution in [3.63, 3.8) is 0 Å². The molecule has 10 nitrogen and oxygen atoms in total. The van der Waals surface area contributed by atoms with Crippen molar-refractivity contribution < 1.29 is 31.2 Å². The highest BCUT2D eigenvalue weighted by Gasteiger charge is 2.22. The number of phenolic OH excluding ortho intramolecular Hbond substituents is 1. The number of nitrogens with zero attached hydrogens (tertiary/aromatic N) is 2. The van der Waals surface area contributed by atoms with E-state index in [0.29, 0.717) is 16.5 Å². The molecule has 0 saturated carbocycles. The van der Waals surface area contributed by atoms with E-state index in [-0.39, 0.29) is 32.7 Å². The minimum Gasteiger partial charge on any atom is -0.505 e. The van der Waals surface area contributed by atoms with Crippen LogP contribution in [0, 0.1) is 0 Å². The predicted molar refractivity (Wildman–Crippen MR) is 155 cm³/mol. The van der Waals surface area contributed by atoms with Gasteiger partial charge in [0.2, 0.25) is 0 Å². The quantitative estimate of drug-likeness (QED) is 0.122. The van der Waals surface area contributed by atoms with Crippen molar-refractivity contribution in [1.29, 1.82) is 0 Å². The van der Waals surface area contributed by atoms with Crippen molar-refractivity contribution in [2.45, 2.75) is 9.79 Å². The molecule has 0 spiro atoms. The van der Waals surface area contributed by atoms with Gasteiger partial charge < -0.3 is 9.84 Å². The fraction of sp³-hybridized carbons (Fsp3) is 0. The maximum Gasteiger partial charge on any atom is 0.294 e. The number of anilines is 1. The van der Waals surface area contributed by atoms with Gasteiger partial charge in [-0.2, -0.15) is 8.42 Å². The molecule has 5 aromatic rings. The van der Waals surface area contributed by atoms with Crippen LogP contribution >= 0.6 is 11.6 Å². The van der Waals surface area contributed by atoms with Gasteiger partial charge in [0.15, 0.2) is 11.5 Å². The lowest BCUT2D eigenvalue weighted by atomic mass is 10.1. The van der Waals surface area contributed by atoms with Gasteiger partial charge in [-0.25, -0.2) is 8.42 Å². The minimum absolute atomic E-state index is 0.0668. The first-order valence-electron chi connectivity index (χ1n) is 11.8. The van der Waals surface area contributed by atoms with Gasteiger partial charge in [0.05, 0.1) is 20.9 Å². The molecule has 0 radical (unpaired) electrons. The number of sulfonamides is 1. The van der Waals surface area contributed by atoms with Crippen LogP contribution in [0.4, 0.5) is 17.1 Å². The summed E-state index contributed by atoms with van der Waals surface area (Å²) in [5, 5.41) is 19.9. The van der Waals surface area contributed by atoms with Crippen LogP contribution in [0.15, 0.2) is 123 Å². The van der Waals surface area contributed by atoms with Gasteiger partial charge in [-0.3, -0.25) is 9.27 Å². The first-order valence-corrected chi connectivity index (χ1v) is 15.1. The number of benzene rings is 5. The summed E-state index contributed by atoms with van der Waals surface area (Å²) in [4.78, 5) is -0.682. The van der Waals surface area contributed by atoms with Gasteiger partial charge in [0.25, 0.3) is 20.1 Å². The van der Waals surface area contributed by atoms with Crippen LogP contribution < -0.4 is 9.46 Å². The molecule has 0 aliphatic rings. The van der Waals surface area contributed by atoms with Crippen LogP contribution in [0.1, 0.15) is 0 Å². The first-order chi connectivity index (χ1) is 19.5. The number of ether oxygens (including phenoxy) is 1. The second-order valence-electron chi connectivity index (χ2n) is 8.62. The number of aromatic hydroxyl groups is 1. The molecule has 0 heterocycles. The van der Waals surface area contributed by atoms with E-state index >= 15 is 0 Å². The fourth-order valence-electron chi connectivity index (χ4n) is 3.90. The number of fused-ring (bicyclic) bond motifs is 1. The Labute approximate surface area is 240 Å². The van der Waals surface area contributed by atoms with Crippen LogP contribution in [0.5, 0.6) is 17.2 Å². The van der Waals surface area contributed by atoms with Crippen LogP contribution in [-0.4, -0.2) is 26.5 Å². The van der Waals surface area contributed by atoms with Gasteiger partial charge >= 0.3 is 0 Å². The monoisotopic (exact) mass is 609 g/mol. The highest BCUT2D eigenvalue weighted by Crippen LogP contribution is 2.42. The molecule has 3 N–H and O–H groups in total. The summed E-state index contributed by atoms with van der Waals surface area (Å²) >= 11 is 6.15. The largest absolute Gasteiger partial charge is 0.505 e. The topological polar surface area (TPSA) is 155 Å². The molecule has 0 aliphatic carbocycles. The zero-order valence-corrected chi connectivity index (χ0v) is 23.2. The molecule has 0 fully saturated rings. The minimum atomic E-state index is -4.73. The zero-order chi connectivity index (χ0) is 29.2. The summed E-state index contributed by atoms with van der Waals surface area (Å²) in [7, 11) is -8.94. The highest BCUT2D eigenvalue weighted by molar-refractivity contribution is 7.92. The lowest BCUT2D eigenvalue weighted by Crippen LogP contribution is -2.13. The van der Waals surface area contributed by atoms with Crippen molar-refractivity contribution in [2.75, 3.05) is 4.72 Å². The Kier molecular flexibility index (Phi) is 7.65. The van der Waals surface area contributed by atoms with E-state index in [1.54, 1.807) is 42.5 Å². The molecule has 0 amide bonds. The molecule has 41 heavy (non-hydrogen) atoms. The van der Waals surface area contributed by atoms with Gasteiger partial charge in [-0.15, -0.1) is 10.2 Å². The third-order valence-corrected chi connectivity index (χ3v) is 8.24. The summed E-state index contributed by atoms with van der Waals surface area (Å²) in [6.45, 7) is 0. The highest BCUT2D eigenvalue weighted by atomic mass is 35.5. The van der Waals surface area contributed by atoms with E-state index in [9.17, 15) is 26.5 Å². The molecule has 0 saturated heterocycles. The average Bonchev–Trinajstić information content (AvgIpc) is 2.94. The van der Waals surface area contributed by atoms with Crippen molar-refractivity contribution >= 4 is 59.6 Å². The maximum absolute atomic E-state index is 13.1. The van der Waals surface area contributed by atoms with E-state index in [2.05, 4.69) is 15.0 Å². The Morgan fingerprint density at radius 1 is 0.732 bits per heavy atom. The molecule has 0 aromatic heterocycles.